The molecule has 0 rings (SSSR count). The van der Waals surface area contributed by atoms with Gasteiger partial charge < -0.3 is 20.3 Å². The molecule has 186 valence electrons. The van der Waals surface area contributed by atoms with E-state index in [4.69, 9.17) is 4.74 Å². The van der Waals surface area contributed by atoms with Crippen LogP contribution in [0.5, 0.6) is 0 Å². The molecule has 0 spiro atoms. The average Bonchev–Trinajstić information content (AvgIpc) is 2.66. The Bertz CT molecular complexity index is 679. The van der Waals surface area contributed by atoms with Crippen molar-refractivity contribution in [2.24, 2.45) is 17.3 Å². The smallest absolute Gasteiger partial charge is 0.333 e. The van der Waals surface area contributed by atoms with E-state index in [0.29, 0.717) is 24.5 Å². The van der Waals surface area contributed by atoms with Crippen LogP contribution in [0.2, 0.25) is 0 Å². The zero-order valence-corrected chi connectivity index (χ0v) is 22.4. The molecule has 0 aliphatic rings. The molecule has 32 heavy (non-hydrogen) atoms. The van der Waals surface area contributed by atoms with Crippen LogP contribution < -0.4 is 10.6 Å². The first-order valence-electron chi connectivity index (χ1n) is 11.6. The van der Waals surface area contributed by atoms with E-state index >= 15 is 0 Å². The molecule has 0 aliphatic heterocycles. The summed E-state index contributed by atoms with van der Waals surface area (Å²) in [5.74, 6) is -0.410. The summed E-state index contributed by atoms with van der Waals surface area (Å²) >= 11 is 0. The van der Waals surface area contributed by atoms with Crippen molar-refractivity contribution in [3.8, 4) is 0 Å². The lowest BCUT2D eigenvalue weighted by Gasteiger charge is -2.39. The third-order valence-corrected chi connectivity index (χ3v) is 5.75. The van der Waals surface area contributed by atoms with Crippen molar-refractivity contribution >= 4 is 17.8 Å². The van der Waals surface area contributed by atoms with Gasteiger partial charge in [-0.15, -0.1) is 0 Å². The van der Waals surface area contributed by atoms with E-state index < -0.39 is 23.0 Å². The fraction of sp³-hybridized carbons (Fsp3) is 0.800. The van der Waals surface area contributed by atoms with Crippen LogP contribution >= 0.6 is 0 Å². The summed E-state index contributed by atoms with van der Waals surface area (Å²) < 4.78 is 5.09. The molecule has 0 aromatic heterocycles. The third-order valence-electron chi connectivity index (χ3n) is 5.75. The molecule has 0 aliphatic carbocycles. The van der Waals surface area contributed by atoms with Crippen LogP contribution in [0.3, 0.4) is 0 Å². The Balaban J connectivity index is 5.96. The Morgan fingerprint density at radius 2 is 1.59 bits per heavy atom. The van der Waals surface area contributed by atoms with Crippen LogP contribution in [0.4, 0.5) is 0 Å². The lowest BCUT2D eigenvalue weighted by atomic mass is 9.83. The molecule has 2 amide bonds. The molecular weight excluding hydrogens is 406 g/mol. The molecule has 0 heterocycles. The van der Waals surface area contributed by atoms with Crippen LogP contribution in [0.1, 0.15) is 75.7 Å². The topological polar surface area (TPSA) is 87.7 Å². The summed E-state index contributed by atoms with van der Waals surface area (Å²) in [6.07, 6.45) is 2.42. The van der Waals surface area contributed by atoms with Crippen molar-refractivity contribution < 1.29 is 19.1 Å². The monoisotopic (exact) mass is 453 g/mol. The van der Waals surface area contributed by atoms with Crippen molar-refractivity contribution in [2.45, 2.75) is 93.3 Å². The highest BCUT2D eigenvalue weighted by atomic mass is 16.5. The first-order valence-corrected chi connectivity index (χ1v) is 11.6. The Morgan fingerprint density at radius 1 is 1.06 bits per heavy atom. The van der Waals surface area contributed by atoms with E-state index in [-0.39, 0.29) is 23.8 Å². The van der Waals surface area contributed by atoms with Crippen molar-refractivity contribution in [3.05, 3.63) is 11.6 Å². The van der Waals surface area contributed by atoms with Crippen LogP contribution in [-0.4, -0.2) is 61.0 Å². The maximum absolute atomic E-state index is 13.6. The van der Waals surface area contributed by atoms with Gasteiger partial charge in [0.1, 0.15) is 6.04 Å². The maximum atomic E-state index is 13.6. The van der Waals surface area contributed by atoms with Gasteiger partial charge in [0.2, 0.25) is 11.8 Å². The summed E-state index contributed by atoms with van der Waals surface area (Å²) in [6.45, 7) is 19.5. The predicted molar refractivity (Wildman–Crippen MR) is 130 cm³/mol. The number of nitrogens with zero attached hydrogens (tertiary/aromatic N) is 1. The van der Waals surface area contributed by atoms with Gasteiger partial charge >= 0.3 is 5.97 Å². The lowest BCUT2D eigenvalue weighted by molar-refractivity contribution is -0.142. The van der Waals surface area contributed by atoms with Gasteiger partial charge in [-0.1, -0.05) is 54.5 Å². The van der Waals surface area contributed by atoms with Gasteiger partial charge in [-0.2, -0.15) is 0 Å². The third kappa shape index (κ3) is 8.57. The molecule has 0 aromatic rings. The van der Waals surface area contributed by atoms with Crippen molar-refractivity contribution in [3.63, 3.8) is 0 Å². The molecule has 0 aromatic carbocycles. The highest BCUT2D eigenvalue weighted by Crippen LogP contribution is 2.25. The molecule has 0 bridgehead atoms. The number of hydrogen-bond donors (Lipinski definition) is 2. The summed E-state index contributed by atoms with van der Waals surface area (Å²) in [6, 6.07) is -1.04. The van der Waals surface area contributed by atoms with E-state index in [9.17, 15) is 14.4 Å². The Kier molecular flexibility index (Phi) is 11.6. The van der Waals surface area contributed by atoms with Crippen molar-refractivity contribution in [2.75, 3.05) is 20.7 Å². The molecule has 1 unspecified atom stereocenters. The fourth-order valence-electron chi connectivity index (χ4n) is 3.73. The van der Waals surface area contributed by atoms with Crippen LogP contribution in [-0.2, 0) is 19.1 Å². The zero-order chi connectivity index (χ0) is 25.4. The van der Waals surface area contributed by atoms with Crippen LogP contribution in [0.15, 0.2) is 11.6 Å². The number of hydrogen-bond acceptors (Lipinski definition) is 5. The van der Waals surface area contributed by atoms with E-state index in [1.165, 1.54) is 0 Å². The Morgan fingerprint density at radius 3 is 1.97 bits per heavy atom. The van der Waals surface area contributed by atoms with Crippen LogP contribution in [0.25, 0.3) is 0 Å². The molecule has 0 saturated carbocycles. The molecule has 7 heteroatoms. The van der Waals surface area contributed by atoms with Crippen LogP contribution in [0, 0.1) is 17.3 Å². The van der Waals surface area contributed by atoms with E-state index in [1.807, 2.05) is 41.5 Å². The lowest BCUT2D eigenvalue weighted by Crippen LogP contribution is -2.62. The van der Waals surface area contributed by atoms with Gasteiger partial charge in [0.25, 0.3) is 0 Å². The number of carbonyl (C=O) groups excluding carboxylic acids is 3. The minimum atomic E-state index is -0.783. The second kappa shape index (κ2) is 12.4. The van der Waals surface area contributed by atoms with E-state index in [1.54, 1.807) is 38.9 Å². The Labute approximate surface area is 195 Å². The molecule has 3 atom stereocenters. The van der Waals surface area contributed by atoms with Gasteiger partial charge in [0, 0.05) is 12.6 Å². The number of amides is 2. The van der Waals surface area contributed by atoms with Gasteiger partial charge in [-0.3, -0.25) is 9.59 Å². The molecule has 0 fully saturated rings. The number of nitrogens with one attached hydrogen (secondary N) is 2. The predicted octanol–water partition coefficient (Wildman–Crippen LogP) is 3.53. The standard InChI is InChI=1S/C25H47N3O4/c1-13-32-22(30)18(6)14-19(17(4)5)28(12)21(29)20(24(7,8)9)27-23(31)25(10,26-11)15-16(2)3/h14,16-17,19-20,26H,13,15H2,1-12H3,(H,27,31)/t19-,20-,25?/m1/s1. The minimum Gasteiger partial charge on any atom is -0.463 e. The molecule has 2 N–H and O–H groups in total. The normalized spacial score (nSPS) is 16.4. The molecule has 0 saturated heterocycles. The van der Waals surface area contributed by atoms with Crippen molar-refractivity contribution in [1.82, 2.24) is 15.5 Å². The highest BCUT2D eigenvalue weighted by molar-refractivity contribution is 5.92. The highest BCUT2D eigenvalue weighted by Gasteiger charge is 2.41. The van der Waals surface area contributed by atoms with Gasteiger partial charge in [0.05, 0.1) is 18.2 Å². The number of rotatable bonds is 11. The second-order valence-electron chi connectivity index (χ2n) is 10.7. The number of ether oxygens (including phenoxy) is 1. The first kappa shape index (κ1) is 30.1. The first-order chi connectivity index (χ1) is 14.5. The molecule has 0 radical (unpaired) electrons. The van der Waals surface area contributed by atoms with Gasteiger partial charge in [-0.05, 0) is 51.5 Å². The Hall–Kier alpha value is -1.89. The fourth-order valence-corrected chi connectivity index (χ4v) is 3.73. The zero-order valence-electron chi connectivity index (χ0n) is 22.4. The van der Waals surface area contributed by atoms with Gasteiger partial charge in [0.15, 0.2) is 0 Å². The SMILES string of the molecule is CCOC(=O)C(C)=C[C@H](C(C)C)N(C)C(=O)[C@@H](NC(=O)C(C)(CC(C)C)NC)C(C)(C)C. The average molecular weight is 454 g/mol. The van der Waals surface area contributed by atoms with Gasteiger partial charge in [-0.25, -0.2) is 4.79 Å². The quantitative estimate of drug-likeness (QED) is 0.369. The summed E-state index contributed by atoms with van der Waals surface area (Å²) in [4.78, 5) is 40.6. The number of likely N-dealkylation sites (N-methyl/N-ethyl adjacent to an activating group) is 2. The number of carbonyl (C=O) groups is 3. The van der Waals surface area contributed by atoms with E-state index in [0.717, 1.165) is 0 Å². The maximum Gasteiger partial charge on any atom is 0.333 e. The second-order valence-corrected chi connectivity index (χ2v) is 10.7. The molecule has 7 nitrogen and oxygen atoms in total. The molecular formula is C25H47N3O4. The summed E-state index contributed by atoms with van der Waals surface area (Å²) in [5.41, 5.74) is -0.829. The van der Waals surface area contributed by atoms with E-state index in [2.05, 4.69) is 24.5 Å². The summed E-state index contributed by atoms with van der Waals surface area (Å²) in [7, 11) is 3.48. The largest absolute Gasteiger partial charge is 0.463 e. The summed E-state index contributed by atoms with van der Waals surface area (Å²) in [5, 5.41) is 6.15. The van der Waals surface area contributed by atoms with Crippen molar-refractivity contribution in [1.29, 1.82) is 0 Å². The minimum absolute atomic E-state index is 0.0631. The number of esters is 1.